The minimum Gasteiger partial charge on any atom is -0.368 e. The average molecular weight is 866 g/mol. The molecule has 11 N–H and O–H groups in total. The van der Waals surface area contributed by atoms with Crippen LogP contribution in [-0.2, 0) is 41.6 Å². The fourth-order valence-electron chi connectivity index (χ4n) is 7.61. The van der Waals surface area contributed by atoms with E-state index in [9.17, 15) is 33.6 Å². The number of nitrogens with one attached hydrogen (secondary N) is 7. The van der Waals surface area contributed by atoms with Crippen molar-refractivity contribution in [3.8, 4) is 0 Å². The Bertz CT molecular complexity index is 2060. The maximum atomic E-state index is 14.3. The molecular formula is C47H63N9O7. The number of unbranched alkanes of at least 4 members (excludes halogenated alkanes) is 1. The van der Waals surface area contributed by atoms with Crippen molar-refractivity contribution in [3.63, 3.8) is 0 Å². The van der Waals surface area contributed by atoms with Gasteiger partial charge in [-0.3, -0.25) is 28.8 Å². The van der Waals surface area contributed by atoms with Gasteiger partial charge in [-0.2, -0.15) is 0 Å². The molecule has 2 aliphatic rings. The molecule has 1 saturated carbocycles. The van der Waals surface area contributed by atoms with Gasteiger partial charge < -0.3 is 48.4 Å². The highest BCUT2D eigenvalue weighted by atomic mass is 16.2. The first-order valence-corrected chi connectivity index (χ1v) is 21.7. The standard InChI is InChI=1S/C37H52N8O7.C10H11N/c1-2-3-16-31(47)45-37(19-17-27(18-20-37)26-13-8-5-9-14-26)35(51)44-29(22-25-11-6-4-7-12-25)34(50)43-28(15-10-21-40-36(39)52)33(49)42-24-32(48)41-23-30(38)46;1-8-7-11-10-6-4-2-3-5-9(8)10/h4-9,11-14,27-29H,2-3,10,15-24H2,1H3,(H2,38,46)(H,41,48)(H,42,49)(H,43,50)(H,44,51)(H,45,47)(H3,39,40,52);2-4,6-7,11H,5H2,1H3. The van der Waals surface area contributed by atoms with Crippen LogP contribution in [0.3, 0.4) is 0 Å². The molecule has 0 spiro atoms. The summed E-state index contributed by atoms with van der Waals surface area (Å²) in [6.07, 6.45) is 15.7. The molecule has 3 aromatic rings. The lowest BCUT2D eigenvalue weighted by atomic mass is 9.73. The van der Waals surface area contributed by atoms with Gasteiger partial charge in [0.1, 0.15) is 17.6 Å². The van der Waals surface area contributed by atoms with Gasteiger partial charge in [-0.15, -0.1) is 0 Å². The molecule has 2 aliphatic carbocycles. The normalized spacial score (nSPS) is 17.2. The van der Waals surface area contributed by atoms with Crippen molar-refractivity contribution < 1.29 is 33.6 Å². The predicted molar refractivity (Wildman–Crippen MR) is 241 cm³/mol. The maximum absolute atomic E-state index is 14.3. The number of primary amides is 2. The largest absolute Gasteiger partial charge is 0.368 e. The number of allylic oxidation sites excluding steroid dienone is 3. The maximum Gasteiger partial charge on any atom is 0.312 e. The van der Waals surface area contributed by atoms with Crippen molar-refractivity contribution in [1.82, 2.24) is 36.9 Å². The summed E-state index contributed by atoms with van der Waals surface area (Å²) in [5, 5.41) is 15.8. The SMILES string of the molecule is CCCCC(=O)NC1(C(=O)NC(Cc2ccccc2)C(=O)NC(CCCNC(N)=O)C(=O)NCC(=O)NCC(N)=O)CCC(c2ccccc2)CC1.Cc1c[nH]c2c1CC=CC=C2. The zero-order valence-corrected chi connectivity index (χ0v) is 36.3. The zero-order chi connectivity index (χ0) is 45.6. The van der Waals surface area contributed by atoms with E-state index in [1.165, 1.54) is 16.8 Å². The first-order chi connectivity index (χ1) is 30.3. The highest BCUT2D eigenvalue weighted by Crippen LogP contribution is 2.38. The van der Waals surface area contributed by atoms with Crippen LogP contribution in [0.4, 0.5) is 4.79 Å². The minimum absolute atomic E-state index is 0.0467. The van der Waals surface area contributed by atoms with Crippen LogP contribution in [0.5, 0.6) is 0 Å². The lowest BCUT2D eigenvalue weighted by Gasteiger charge is -2.40. The summed E-state index contributed by atoms with van der Waals surface area (Å²) in [5.41, 5.74) is 14.9. The number of aryl methyl sites for hydroxylation is 1. The summed E-state index contributed by atoms with van der Waals surface area (Å²) in [6.45, 7) is 3.33. The van der Waals surface area contributed by atoms with E-state index in [-0.39, 0.29) is 44.1 Å². The van der Waals surface area contributed by atoms with Gasteiger partial charge in [-0.1, -0.05) is 92.2 Å². The van der Waals surface area contributed by atoms with Crippen molar-refractivity contribution in [2.24, 2.45) is 11.5 Å². The molecule has 2 aromatic carbocycles. The van der Waals surface area contributed by atoms with Crippen molar-refractivity contribution in [2.45, 2.75) is 108 Å². The molecule has 2 atom stereocenters. The number of urea groups is 1. The van der Waals surface area contributed by atoms with Gasteiger partial charge in [-0.05, 0) is 92.5 Å². The first kappa shape index (κ1) is 49.0. The molecule has 1 fully saturated rings. The second-order valence-corrected chi connectivity index (χ2v) is 15.9. The monoisotopic (exact) mass is 865 g/mol. The lowest BCUT2D eigenvalue weighted by Crippen LogP contribution is -2.64. The molecule has 16 heteroatoms. The highest BCUT2D eigenvalue weighted by Gasteiger charge is 2.44. The fourth-order valence-corrected chi connectivity index (χ4v) is 7.61. The van der Waals surface area contributed by atoms with Gasteiger partial charge in [0.05, 0.1) is 13.1 Å². The van der Waals surface area contributed by atoms with E-state index in [1.807, 2.05) is 43.3 Å². The molecule has 63 heavy (non-hydrogen) atoms. The second kappa shape index (κ2) is 25.3. The van der Waals surface area contributed by atoms with Gasteiger partial charge in [0.15, 0.2) is 0 Å². The second-order valence-electron chi connectivity index (χ2n) is 15.9. The summed E-state index contributed by atoms with van der Waals surface area (Å²) in [4.78, 5) is 92.3. The van der Waals surface area contributed by atoms with E-state index in [2.05, 4.69) is 86.4 Å². The van der Waals surface area contributed by atoms with Gasteiger partial charge in [0.2, 0.25) is 35.4 Å². The number of carbonyl (C=O) groups excluding carboxylic acids is 7. The molecule has 1 aromatic heterocycles. The van der Waals surface area contributed by atoms with Crippen LogP contribution in [0.1, 0.15) is 98.6 Å². The number of hydrogen-bond donors (Lipinski definition) is 9. The number of hydrogen-bond acceptors (Lipinski definition) is 7. The number of H-pyrrole nitrogens is 1. The Kier molecular flexibility index (Phi) is 19.6. The van der Waals surface area contributed by atoms with E-state index in [4.69, 9.17) is 11.5 Å². The van der Waals surface area contributed by atoms with Crippen LogP contribution >= 0.6 is 0 Å². The molecule has 0 aliphatic heterocycles. The topological polar surface area (TPSA) is 260 Å². The Morgan fingerprint density at radius 2 is 1.49 bits per heavy atom. The lowest BCUT2D eigenvalue weighted by molar-refractivity contribution is -0.138. The Balaban J connectivity index is 0.000000678. The predicted octanol–water partition coefficient (Wildman–Crippen LogP) is 3.22. The number of aromatic nitrogens is 1. The van der Waals surface area contributed by atoms with E-state index in [1.54, 1.807) is 12.1 Å². The van der Waals surface area contributed by atoms with Crippen molar-refractivity contribution in [3.05, 3.63) is 113 Å². The summed E-state index contributed by atoms with van der Waals surface area (Å²) < 4.78 is 0. The Morgan fingerprint density at radius 1 is 0.794 bits per heavy atom. The van der Waals surface area contributed by atoms with Crippen LogP contribution in [0.2, 0.25) is 0 Å². The number of rotatable bonds is 20. The number of fused-ring (bicyclic) bond motifs is 1. The minimum atomic E-state index is -1.25. The smallest absolute Gasteiger partial charge is 0.312 e. The van der Waals surface area contributed by atoms with Gasteiger partial charge >= 0.3 is 6.03 Å². The third kappa shape index (κ3) is 16.3. The number of benzene rings is 2. The van der Waals surface area contributed by atoms with Crippen molar-refractivity contribution in [2.75, 3.05) is 19.6 Å². The molecular weight excluding hydrogens is 803 g/mol. The van der Waals surface area contributed by atoms with E-state index in [0.29, 0.717) is 32.1 Å². The van der Waals surface area contributed by atoms with Gasteiger partial charge in [0, 0.05) is 31.3 Å². The van der Waals surface area contributed by atoms with Gasteiger partial charge in [-0.25, -0.2) is 4.79 Å². The Morgan fingerprint density at radius 3 is 2.16 bits per heavy atom. The number of carbonyl (C=O) groups is 7. The summed E-state index contributed by atoms with van der Waals surface area (Å²) in [5.74, 6) is -3.31. The quantitative estimate of drug-likeness (QED) is 0.0766. The van der Waals surface area contributed by atoms with Crippen LogP contribution in [-0.4, -0.2) is 83.7 Å². The van der Waals surface area contributed by atoms with Crippen LogP contribution in [0.25, 0.3) is 6.08 Å². The molecule has 0 bridgehead atoms. The number of amides is 8. The molecule has 5 rings (SSSR count). The fraction of sp³-hybridized carbons (Fsp3) is 0.426. The van der Waals surface area contributed by atoms with Crippen LogP contribution < -0.4 is 43.4 Å². The molecule has 8 amide bonds. The van der Waals surface area contributed by atoms with E-state index < -0.39 is 66.3 Å². The Hall–Kier alpha value is -6.71. The molecule has 0 radical (unpaired) electrons. The van der Waals surface area contributed by atoms with E-state index in [0.717, 1.165) is 24.0 Å². The van der Waals surface area contributed by atoms with Crippen LogP contribution in [0.15, 0.2) is 85.1 Å². The summed E-state index contributed by atoms with van der Waals surface area (Å²) >= 11 is 0. The molecule has 0 saturated heterocycles. The van der Waals surface area contributed by atoms with E-state index >= 15 is 0 Å². The molecule has 16 nitrogen and oxygen atoms in total. The van der Waals surface area contributed by atoms with Crippen LogP contribution in [0, 0.1) is 6.92 Å². The molecule has 2 unspecified atom stereocenters. The third-order valence-electron chi connectivity index (χ3n) is 11.1. The molecule has 338 valence electrons. The number of nitrogens with two attached hydrogens (primary N) is 2. The zero-order valence-electron chi connectivity index (χ0n) is 36.3. The third-order valence-corrected chi connectivity index (χ3v) is 11.1. The average Bonchev–Trinajstić information content (AvgIpc) is 3.45. The number of aromatic amines is 1. The first-order valence-electron chi connectivity index (χ1n) is 21.7. The van der Waals surface area contributed by atoms with Gasteiger partial charge in [0.25, 0.3) is 0 Å². The van der Waals surface area contributed by atoms with Crippen molar-refractivity contribution >= 4 is 47.6 Å². The molecule has 1 heterocycles. The summed E-state index contributed by atoms with van der Waals surface area (Å²) in [7, 11) is 0. The van der Waals surface area contributed by atoms with Crippen molar-refractivity contribution in [1.29, 1.82) is 0 Å². The Labute approximate surface area is 369 Å². The highest BCUT2D eigenvalue weighted by molar-refractivity contribution is 5.97. The summed E-state index contributed by atoms with van der Waals surface area (Å²) in [6, 6.07) is 16.0.